The van der Waals surface area contributed by atoms with Gasteiger partial charge >= 0.3 is 0 Å². The molecule has 1 aliphatic rings. The molecule has 0 spiro atoms. The lowest BCUT2D eigenvalue weighted by molar-refractivity contribution is 0.0619. The number of aliphatic hydroxyl groups is 1. The molecule has 1 saturated carbocycles. The molecule has 11 heavy (non-hydrogen) atoms. The fraction of sp³-hybridized carbons (Fsp3) is 0.625. The zero-order valence-corrected chi connectivity index (χ0v) is 7.05. The maximum Gasteiger partial charge on any atom is 0.121 e. The van der Waals surface area contributed by atoms with Crippen molar-refractivity contribution in [2.24, 2.45) is 5.92 Å². The first-order valence-electron chi connectivity index (χ1n) is 3.95. The molecule has 0 bridgehead atoms. The highest BCUT2D eigenvalue weighted by molar-refractivity contribution is 7.09. The van der Waals surface area contributed by atoms with E-state index < -0.39 is 0 Å². The van der Waals surface area contributed by atoms with Crippen LogP contribution in [0.5, 0.6) is 0 Å². The Kier molecular flexibility index (Phi) is 1.92. The molecule has 1 aromatic rings. The number of aliphatic hydroxyl groups excluding tert-OH is 1. The fourth-order valence-electron chi connectivity index (χ4n) is 1.34. The van der Waals surface area contributed by atoms with Crippen LogP contribution in [0.25, 0.3) is 0 Å². The summed E-state index contributed by atoms with van der Waals surface area (Å²) in [6.45, 7) is 0. The van der Waals surface area contributed by atoms with Crippen LogP contribution in [0.4, 0.5) is 0 Å². The zero-order valence-electron chi connectivity index (χ0n) is 6.23. The first-order valence-corrected chi connectivity index (χ1v) is 4.83. The highest BCUT2D eigenvalue weighted by Gasteiger charge is 2.27. The standard InChI is InChI=1S/C8H11NOS/c10-7(6-2-1-3-6)8-9-4-5-11-8/h4-7,10H,1-3H2. The average Bonchev–Trinajstić information content (AvgIpc) is 2.32. The molecule has 0 amide bonds. The Morgan fingerprint density at radius 3 is 2.91 bits per heavy atom. The van der Waals surface area contributed by atoms with E-state index in [2.05, 4.69) is 4.98 Å². The summed E-state index contributed by atoms with van der Waals surface area (Å²) in [7, 11) is 0. The Bertz CT molecular complexity index is 218. The van der Waals surface area contributed by atoms with Crippen LogP contribution in [0.15, 0.2) is 11.6 Å². The van der Waals surface area contributed by atoms with Crippen molar-refractivity contribution in [3.05, 3.63) is 16.6 Å². The summed E-state index contributed by atoms with van der Waals surface area (Å²) in [6.07, 6.45) is 5.07. The summed E-state index contributed by atoms with van der Waals surface area (Å²) in [6, 6.07) is 0. The van der Waals surface area contributed by atoms with Gasteiger partial charge < -0.3 is 5.11 Å². The van der Waals surface area contributed by atoms with Crippen molar-refractivity contribution in [3.63, 3.8) is 0 Å². The molecule has 0 aromatic carbocycles. The normalized spacial score (nSPS) is 21.2. The zero-order chi connectivity index (χ0) is 7.68. The predicted octanol–water partition coefficient (Wildman–Crippen LogP) is 1.98. The van der Waals surface area contributed by atoms with Gasteiger partial charge in [0.1, 0.15) is 11.1 Å². The Hall–Kier alpha value is -0.410. The van der Waals surface area contributed by atoms with Crippen molar-refractivity contribution in [2.45, 2.75) is 25.4 Å². The van der Waals surface area contributed by atoms with Crippen molar-refractivity contribution in [2.75, 3.05) is 0 Å². The van der Waals surface area contributed by atoms with Gasteiger partial charge in [-0.15, -0.1) is 11.3 Å². The molecule has 1 atom stereocenters. The number of hydrogen-bond acceptors (Lipinski definition) is 3. The van der Waals surface area contributed by atoms with E-state index in [9.17, 15) is 5.11 Å². The minimum absolute atomic E-state index is 0.288. The molecule has 2 nitrogen and oxygen atoms in total. The number of thiazole rings is 1. The van der Waals surface area contributed by atoms with E-state index in [1.807, 2.05) is 5.38 Å². The molecule has 1 unspecified atom stereocenters. The number of aromatic nitrogens is 1. The fourth-order valence-corrected chi connectivity index (χ4v) is 2.05. The van der Waals surface area contributed by atoms with E-state index >= 15 is 0 Å². The Morgan fingerprint density at radius 1 is 1.64 bits per heavy atom. The molecular formula is C8H11NOS. The van der Waals surface area contributed by atoms with Crippen LogP contribution in [0, 0.1) is 5.92 Å². The largest absolute Gasteiger partial charge is 0.386 e. The lowest BCUT2D eigenvalue weighted by Crippen LogP contribution is -2.19. The van der Waals surface area contributed by atoms with Gasteiger partial charge in [-0.2, -0.15) is 0 Å². The molecule has 0 saturated heterocycles. The molecule has 1 aliphatic carbocycles. The van der Waals surface area contributed by atoms with Gasteiger partial charge in [-0.3, -0.25) is 0 Å². The summed E-state index contributed by atoms with van der Waals surface area (Å²) in [5.74, 6) is 0.487. The minimum atomic E-state index is -0.288. The number of hydrogen-bond donors (Lipinski definition) is 1. The van der Waals surface area contributed by atoms with E-state index in [4.69, 9.17) is 0 Å². The van der Waals surface area contributed by atoms with Crippen LogP contribution in [0.3, 0.4) is 0 Å². The van der Waals surface area contributed by atoms with Crippen LogP contribution in [-0.4, -0.2) is 10.1 Å². The van der Waals surface area contributed by atoms with E-state index in [1.54, 1.807) is 17.5 Å². The molecular weight excluding hydrogens is 158 g/mol. The maximum absolute atomic E-state index is 9.68. The third-order valence-electron chi connectivity index (χ3n) is 2.30. The molecule has 2 rings (SSSR count). The first kappa shape index (κ1) is 7.25. The molecule has 0 radical (unpaired) electrons. The van der Waals surface area contributed by atoms with E-state index in [-0.39, 0.29) is 6.10 Å². The van der Waals surface area contributed by atoms with Crippen molar-refractivity contribution >= 4 is 11.3 Å². The van der Waals surface area contributed by atoms with Crippen molar-refractivity contribution in [1.29, 1.82) is 0 Å². The third kappa shape index (κ3) is 1.30. The molecule has 0 aliphatic heterocycles. The second-order valence-electron chi connectivity index (χ2n) is 3.01. The van der Waals surface area contributed by atoms with Crippen LogP contribution < -0.4 is 0 Å². The molecule has 1 N–H and O–H groups in total. The predicted molar refractivity (Wildman–Crippen MR) is 44.4 cm³/mol. The lowest BCUT2D eigenvalue weighted by atomic mass is 9.81. The summed E-state index contributed by atoms with van der Waals surface area (Å²) in [5.41, 5.74) is 0. The molecule has 1 heterocycles. The van der Waals surface area contributed by atoms with Crippen LogP contribution in [-0.2, 0) is 0 Å². The van der Waals surface area contributed by atoms with Crippen molar-refractivity contribution < 1.29 is 5.11 Å². The summed E-state index contributed by atoms with van der Waals surface area (Å²) < 4.78 is 0. The smallest absolute Gasteiger partial charge is 0.121 e. The molecule has 3 heteroatoms. The Labute approximate surface area is 69.9 Å². The van der Waals surface area contributed by atoms with E-state index in [1.165, 1.54) is 19.3 Å². The quantitative estimate of drug-likeness (QED) is 0.734. The molecule has 1 aromatic heterocycles. The molecule has 60 valence electrons. The second kappa shape index (κ2) is 2.91. The summed E-state index contributed by atoms with van der Waals surface area (Å²) in [5, 5.41) is 12.5. The highest BCUT2D eigenvalue weighted by atomic mass is 32.1. The van der Waals surface area contributed by atoms with Crippen molar-refractivity contribution in [1.82, 2.24) is 4.98 Å². The lowest BCUT2D eigenvalue weighted by Gasteiger charge is -2.28. The van der Waals surface area contributed by atoms with Crippen LogP contribution in [0.1, 0.15) is 30.4 Å². The van der Waals surface area contributed by atoms with Gasteiger partial charge in [-0.1, -0.05) is 6.42 Å². The van der Waals surface area contributed by atoms with Crippen molar-refractivity contribution in [3.8, 4) is 0 Å². The van der Waals surface area contributed by atoms with Gasteiger partial charge in [0.15, 0.2) is 0 Å². The SMILES string of the molecule is OC(c1nccs1)C1CCC1. The van der Waals surface area contributed by atoms with E-state index in [0.29, 0.717) is 5.92 Å². The van der Waals surface area contributed by atoms with Crippen LogP contribution in [0.2, 0.25) is 0 Å². The van der Waals surface area contributed by atoms with Gasteiger partial charge in [0, 0.05) is 11.6 Å². The first-order chi connectivity index (χ1) is 5.38. The monoisotopic (exact) mass is 169 g/mol. The van der Waals surface area contributed by atoms with Gasteiger partial charge in [-0.05, 0) is 18.8 Å². The van der Waals surface area contributed by atoms with Gasteiger partial charge in [0.05, 0.1) is 0 Å². The summed E-state index contributed by atoms with van der Waals surface area (Å²) in [4.78, 5) is 4.09. The number of rotatable bonds is 2. The molecule has 1 fully saturated rings. The van der Waals surface area contributed by atoms with Crippen LogP contribution >= 0.6 is 11.3 Å². The number of nitrogens with zero attached hydrogens (tertiary/aromatic N) is 1. The second-order valence-corrected chi connectivity index (χ2v) is 3.93. The van der Waals surface area contributed by atoms with Gasteiger partial charge in [0.25, 0.3) is 0 Å². The topological polar surface area (TPSA) is 33.1 Å². The van der Waals surface area contributed by atoms with Gasteiger partial charge in [0.2, 0.25) is 0 Å². The van der Waals surface area contributed by atoms with Gasteiger partial charge in [-0.25, -0.2) is 4.98 Å². The Balaban J connectivity index is 2.04. The Morgan fingerprint density at radius 2 is 2.45 bits per heavy atom. The maximum atomic E-state index is 9.68. The van der Waals surface area contributed by atoms with E-state index in [0.717, 1.165) is 5.01 Å². The third-order valence-corrected chi connectivity index (χ3v) is 3.15. The average molecular weight is 169 g/mol. The minimum Gasteiger partial charge on any atom is -0.386 e. The highest BCUT2D eigenvalue weighted by Crippen LogP contribution is 2.37. The summed E-state index contributed by atoms with van der Waals surface area (Å²) >= 11 is 1.55.